The molecule has 0 aromatic carbocycles. The Balaban J connectivity index is 2.15. The van der Waals surface area contributed by atoms with Crippen LogP contribution >= 0.6 is 0 Å². The summed E-state index contributed by atoms with van der Waals surface area (Å²) in [5.74, 6) is 0. The minimum absolute atomic E-state index is 0.123. The molecular formula is C14H20N2O3. The maximum atomic E-state index is 12.1. The van der Waals surface area contributed by atoms with E-state index in [1.54, 1.807) is 12.4 Å². The highest BCUT2D eigenvalue weighted by molar-refractivity contribution is 5.67. The van der Waals surface area contributed by atoms with E-state index in [9.17, 15) is 4.79 Å². The maximum Gasteiger partial charge on any atom is 0.435 e. The number of carbonyl (C=O) groups excluding carboxylic acids is 1. The van der Waals surface area contributed by atoms with Crippen molar-refractivity contribution in [1.29, 1.82) is 0 Å². The molecule has 0 aliphatic carbocycles. The van der Waals surface area contributed by atoms with E-state index in [2.05, 4.69) is 4.98 Å². The van der Waals surface area contributed by atoms with E-state index in [4.69, 9.17) is 9.57 Å². The second kappa shape index (κ2) is 5.17. The molecule has 2 rings (SSSR count). The summed E-state index contributed by atoms with van der Waals surface area (Å²) in [7, 11) is 0. The van der Waals surface area contributed by atoms with Crippen molar-refractivity contribution in [1.82, 2.24) is 10.0 Å². The second-order valence-corrected chi connectivity index (χ2v) is 5.74. The number of nitrogens with zero attached hydrogens (tertiary/aromatic N) is 2. The second-order valence-electron chi connectivity index (χ2n) is 5.74. The van der Waals surface area contributed by atoms with Gasteiger partial charge in [0.25, 0.3) is 0 Å². The molecule has 2 heterocycles. The largest absolute Gasteiger partial charge is 0.442 e. The van der Waals surface area contributed by atoms with Gasteiger partial charge in [0.2, 0.25) is 0 Å². The van der Waals surface area contributed by atoms with E-state index in [1.807, 2.05) is 33.8 Å². The predicted octanol–water partition coefficient (Wildman–Crippen LogP) is 3.00. The van der Waals surface area contributed by atoms with Gasteiger partial charge < -0.3 is 4.74 Å². The third kappa shape index (κ3) is 3.44. The summed E-state index contributed by atoms with van der Waals surface area (Å²) >= 11 is 0. The van der Waals surface area contributed by atoms with Gasteiger partial charge in [0.15, 0.2) is 0 Å². The van der Waals surface area contributed by atoms with E-state index >= 15 is 0 Å². The van der Waals surface area contributed by atoms with Crippen LogP contribution in [0.2, 0.25) is 0 Å². The summed E-state index contributed by atoms with van der Waals surface area (Å²) < 4.78 is 5.35. The zero-order chi connectivity index (χ0) is 14.0. The van der Waals surface area contributed by atoms with Crippen molar-refractivity contribution in [2.45, 2.75) is 45.8 Å². The predicted molar refractivity (Wildman–Crippen MR) is 70.4 cm³/mol. The number of hydrogen-bond donors (Lipinski definition) is 0. The molecule has 1 saturated heterocycles. The van der Waals surface area contributed by atoms with E-state index in [-0.39, 0.29) is 6.04 Å². The number of rotatable bonds is 1. The third-order valence-corrected chi connectivity index (χ3v) is 2.76. The van der Waals surface area contributed by atoms with Crippen LogP contribution in [0.3, 0.4) is 0 Å². The van der Waals surface area contributed by atoms with Crippen molar-refractivity contribution in [2.24, 2.45) is 0 Å². The van der Waals surface area contributed by atoms with E-state index in [0.29, 0.717) is 6.61 Å². The topological polar surface area (TPSA) is 51.7 Å². The molecule has 5 heteroatoms. The Morgan fingerprint density at radius 3 is 2.84 bits per heavy atom. The summed E-state index contributed by atoms with van der Waals surface area (Å²) in [6.07, 6.45) is 3.86. The first-order valence-electron chi connectivity index (χ1n) is 6.43. The number of pyridine rings is 1. The van der Waals surface area contributed by atoms with Gasteiger partial charge in [-0.15, -0.1) is 0 Å². The SMILES string of the molecule is Cc1cncc(C2CCON2C(=O)OC(C)(C)C)c1. The van der Waals surface area contributed by atoms with Gasteiger partial charge in [0.05, 0.1) is 12.6 Å². The highest BCUT2D eigenvalue weighted by Crippen LogP contribution is 2.31. The number of ether oxygens (including phenoxy) is 1. The first kappa shape index (κ1) is 13.8. The summed E-state index contributed by atoms with van der Waals surface area (Å²) in [5.41, 5.74) is 1.51. The van der Waals surface area contributed by atoms with E-state index in [0.717, 1.165) is 17.5 Å². The Morgan fingerprint density at radius 2 is 2.21 bits per heavy atom. The highest BCUT2D eigenvalue weighted by Gasteiger charge is 2.35. The molecule has 1 aliphatic heterocycles. The fraction of sp³-hybridized carbons (Fsp3) is 0.571. The van der Waals surface area contributed by atoms with Crippen molar-refractivity contribution >= 4 is 6.09 Å². The van der Waals surface area contributed by atoms with Gasteiger partial charge in [-0.2, -0.15) is 5.06 Å². The van der Waals surface area contributed by atoms with Crippen molar-refractivity contribution < 1.29 is 14.4 Å². The number of aryl methyl sites for hydroxylation is 1. The molecule has 1 atom stereocenters. The van der Waals surface area contributed by atoms with Crippen molar-refractivity contribution in [3.8, 4) is 0 Å². The Morgan fingerprint density at radius 1 is 1.47 bits per heavy atom. The Bertz CT molecular complexity index is 468. The van der Waals surface area contributed by atoms with Crippen LogP contribution in [0.25, 0.3) is 0 Å². The zero-order valence-corrected chi connectivity index (χ0v) is 11.8. The molecule has 1 unspecified atom stereocenters. The molecule has 0 spiro atoms. The molecule has 1 aromatic heterocycles. The monoisotopic (exact) mass is 264 g/mol. The summed E-state index contributed by atoms with van der Waals surface area (Å²) in [4.78, 5) is 21.6. The van der Waals surface area contributed by atoms with Gasteiger partial charge in [0.1, 0.15) is 5.60 Å². The standard InChI is InChI=1S/C14H20N2O3/c1-10-7-11(9-15-8-10)12-5-6-18-16(12)13(17)19-14(2,3)4/h7-9,12H,5-6H2,1-4H3. The zero-order valence-electron chi connectivity index (χ0n) is 11.8. The van der Waals surface area contributed by atoms with E-state index < -0.39 is 11.7 Å². The lowest BCUT2D eigenvalue weighted by Gasteiger charge is -2.27. The molecule has 1 amide bonds. The lowest BCUT2D eigenvalue weighted by molar-refractivity contribution is -0.125. The van der Waals surface area contributed by atoms with Crippen LogP contribution < -0.4 is 0 Å². The molecule has 1 aromatic rings. The maximum absolute atomic E-state index is 12.1. The first-order valence-corrected chi connectivity index (χ1v) is 6.43. The molecule has 0 N–H and O–H groups in total. The van der Waals surface area contributed by atoms with Crippen molar-refractivity contribution in [2.75, 3.05) is 6.61 Å². The first-order chi connectivity index (χ1) is 8.87. The minimum Gasteiger partial charge on any atom is -0.442 e. The van der Waals surface area contributed by atoms with Gasteiger partial charge in [-0.25, -0.2) is 4.79 Å². The smallest absolute Gasteiger partial charge is 0.435 e. The van der Waals surface area contributed by atoms with Gasteiger partial charge in [-0.1, -0.05) is 6.07 Å². The van der Waals surface area contributed by atoms with Crippen LogP contribution in [0.4, 0.5) is 4.79 Å². The highest BCUT2D eigenvalue weighted by atomic mass is 16.7. The molecule has 1 aliphatic rings. The van der Waals surface area contributed by atoms with Crippen LogP contribution in [-0.2, 0) is 9.57 Å². The van der Waals surface area contributed by atoms with Crippen LogP contribution in [0.1, 0.15) is 44.4 Å². The molecule has 0 bridgehead atoms. The average Bonchev–Trinajstić information content (AvgIpc) is 2.75. The Kier molecular flexibility index (Phi) is 3.75. The number of aromatic nitrogens is 1. The molecule has 19 heavy (non-hydrogen) atoms. The average molecular weight is 264 g/mol. The molecule has 5 nitrogen and oxygen atoms in total. The lowest BCUT2D eigenvalue weighted by atomic mass is 10.1. The lowest BCUT2D eigenvalue weighted by Crippen LogP contribution is -2.35. The normalized spacial score (nSPS) is 19.6. The van der Waals surface area contributed by atoms with Gasteiger partial charge >= 0.3 is 6.09 Å². The van der Waals surface area contributed by atoms with Gasteiger partial charge in [0, 0.05) is 18.8 Å². The fourth-order valence-electron chi connectivity index (χ4n) is 2.02. The van der Waals surface area contributed by atoms with Crippen molar-refractivity contribution in [3.63, 3.8) is 0 Å². The van der Waals surface area contributed by atoms with Gasteiger partial charge in [-0.05, 0) is 38.8 Å². The molecular weight excluding hydrogens is 244 g/mol. The summed E-state index contributed by atoms with van der Waals surface area (Å²) in [5, 5.41) is 1.32. The summed E-state index contributed by atoms with van der Waals surface area (Å²) in [6, 6.07) is 1.89. The molecule has 1 fully saturated rings. The fourth-order valence-corrected chi connectivity index (χ4v) is 2.02. The number of carbonyl (C=O) groups is 1. The third-order valence-electron chi connectivity index (χ3n) is 2.76. The Hall–Kier alpha value is -1.62. The van der Waals surface area contributed by atoms with E-state index in [1.165, 1.54) is 5.06 Å². The van der Waals surface area contributed by atoms with Gasteiger partial charge in [-0.3, -0.25) is 9.82 Å². The van der Waals surface area contributed by atoms with Crippen LogP contribution in [0.5, 0.6) is 0 Å². The summed E-state index contributed by atoms with van der Waals surface area (Å²) in [6.45, 7) is 8.00. The van der Waals surface area contributed by atoms with Crippen LogP contribution in [0, 0.1) is 6.92 Å². The van der Waals surface area contributed by atoms with Crippen LogP contribution in [-0.4, -0.2) is 28.3 Å². The number of amides is 1. The van der Waals surface area contributed by atoms with Crippen molar-refractivity contribution in [3.05, 3.63) is 29.6 Å². The quantitative estimate of drug-likeness (QED) is 0.782. The molecule has 0 saturated carbocycles. The Labute approximate surface area is 113 Å². The minimum atomic E-state index is -0.529. The molecule has 104 valence electrons. The number of hydrogen-bond acceptors (Lipinski definition) is 4. The van der Waals surface area contributed by atoms with Crippen LogP contribution in [0.15, 0.2) is 18.5 Å². The number of hydroxylamine groups is 2. The molecule has 0 radical (unpaired) electrons.